The van der Waals surface area contributed by atoms with Crippen LogP contribution in [0.25, 0.3) is 0 Å². The number of nitrogens with two attached hydrogens (primary N) is 1. The van der Waals surface area contributed by atoms with Gasteiger partial charge in [-0.3, -0.25) is 0 Å². The largest absolute Gasteiger partial charge is 0.493 e. The molecule has 0 heterocycles. The fourth-order valence-electron chi connectivity index (χ4n) is 2.69. The summed E-state index contributed by atoms with van der Waals surface area (Å²) in [5.41, 5.74) is 8.50. The summed E-state index contributed by atoms with van der Waals surface area (Å²) in [5, 5.41) is 3.18. The van der Waals surface area contributed by atoms with E-state index in [0.29, 0.717) is 24.0 Å². The van der Waals surface area contributed by atoms with Crippen molar-refractivity contribution in [2.45, 2.75) is 38.6 Å². The number of methoxy groups -OCH3 is 2. The van der Waals surface area contributed by atoms with Crippen molar-refractivity contribution >= 4 is 5.96 Å². The van der Waals surface area contributed by atoms with Gasteiger partial charge in [0.2, 0.25) is 0 Å². The first kappa shape index (κ1) is 17.2. The number of guanidine groups is 1. The van der Waals surface area contributed by atoms with Crippen LogP contribution in [0.3, 0.4) is 0 Å². The van der Waals surface area contributed by atoms with Gasteiger partial charge in [0.15, 0.2) is 17.5 Å². The predicted octanol–water partition coefficient (Wildman–Crippen LogP) is 3.00. The van der Waals surface area contributed by atoms with Gasteiger partial charge in [-0.15, -0.1) is 0 Å². The van der Waals surface area contributed by atoms with Crippen molar-refractivity contribution in [3.63, 3.8) is 0 Å². The number of nitrogens with zero attached hydrogens (tertiary/aromatic N) is 1. The van der Waals surface area contributed by atoms with Gasteiger partial charge in [0.25, 0.3) is 0 Å². The minimum Gasteiger partial charge on any atom is -0.493 e. The number of hydrogen-bond donors (Lipinski definition) is 2. The Kier molecular flexibility index (Phi) is 6.78. The lowest BCUT2D eigenvalue weighted by Gasteiger charge is -2.13. The molecule has 3 N–H and O–H groups in total. The van der Waals surface area contributed by atoms with Crippen molar-refractivity contribution in [2.24, 2.45) is 10.7 Å². The molecule has 126 valence electrons. The Hall–Kier alpha value is -2.17. The zero-order valence-corrected chi connectivity index (χ0v) is 14.1. The molecule has 0 spiro atoms. The molecule has 1 aromatic rings. The molecule has 5 nitrogen and oxygen atoms in total. The van der Waals surface area contributed by atoms with Crippen LogP contribution in [-0.4, -0.2) is 26.7 Å². The normalized spacial score (nSPS) is 15.0. The van der Waals surface area contributed by atoms with E-state index in [0.717, 1.165) is 18.5 Å². The first-order valence-electron chi connectivity index (χ1n) is 8.15. The van der Waals surface area contributed by atoms with Crippen molar-refractivity contribution in [3.8, 4) is 11.5 Å². The lowest BCUT2D eigenvalue weighted by molar-refractivity contribution is 0.354. The van der Waals surface area contributed by atoms with Crippen LogP contribution in [0.5, 0.6) is 11.5 Å². The summed E-state index contributed by atoms with van der Waals surface area (Å²) in [5.74, 6) is 1.90. The third-order valence-corrected chi connectivity index (χ3v) is 4.02. The maximum Gasteiger partial charge on any atom is 0.188 e. The number of ether oxygens (including phenoxy) is 2. The summed E-state index contributed by atoms with van der Waals surface area (Å²) >= 11 is 0. The second-order valence-electron chi connectivity index (χ2n) is 5.68. The number of rotatable bonds is 7. The molecule has 0 unspecified atom stereocenters. The number of benzene rings is 1. The highest BCUT2D eigenvalue weighted by Gasteiger charge is 2.05. The van der Waals surface area contributed by atoms with E-state index in [4.69, 9.17) is 15.2 Å². The second kappa shape index (κ2) is 9.08. The Bertz CT molecular complexity index is 567. The smallest absolute Gasteiger partial charge is 0.188 e. The zero-order chi connectivity index (χ0) is 16.5. The average molecular weight is 317 g/mol. The van der Waals surface area contributed by atoms with E-state index in [1.54, 1.807) is 14.2 Å². The van der Waals surface area contributed by atoms with Crippen molar-refractivity contribution in [2.75, 3.05) is 20.8 Å². The van der Waals surface area contributed by atoms with Gasteiger partial charge >= 0.3 is 0 Å². The van der Waals surface area contributed by atoms with Gasteiger partial charge < -0.3 is 20.5 Å². The lowest BCUT2D eigenvalue weighted by Crippen LogP contribution is -2.32. The van der Waals surface area contributed by atoms with Gasteiger partial charge in [-0.2, -0.15) is 0 Å². The SMILES string of the molecule is COc1ccc(CN=C(N)NCCC2=CCCCC2)cc1OC. The average Bonchev–Trinajstić information content (AvgIpc) is 2.60. The molecule has 23 heavy (non-hydrogen) atoms. The molecular weight excluding hydrogens is 290 g/mol. The maximum absolute atomic E-state index is 5.93. The van der Waals surface area contributed by atoms with E-state index in [-0.39, 0.29) is 0 Å². The van der Waals surface area contributed by atoms with Crippen molar-refractivity contribution in [3.05, 3.63) is 35.4 Å². The molecule has 1 aromatic carbocycles. The molecule has 0 saturated heterocycles. The van der Waals surface area contributed by atoms with E-state index in [9.17, 15) is 0 Å². The number of allylic oxidation sites excluding steroid dienone is 1. The summed E-state index contributed by atoms with van der Waals surface area (Å²) < 4.78 is 10.5. The molecule has 1 aliphatic carbocycles. The highest BCUT2D eigenvalue weighted by Crippen LogP contribution is 2.27. The highest BCUT2D eigenvalue weighted by molar-refractivity contribution is 5.77. The van der Waals surface area contributed by atoms with Crippen LogP contribution in [0.2, 0.25) is 0 Å². The van der Waals surface area contributed by atoms with Crippen molar-refractivity contribution in [1.82, 2.24) is 5.32 Å². The first-order chi connectivity index (χ1) is 11.2. The van der Waals surface area contributed by atoms with Gasteiger partial charge in [-0.05, 0) is 49.8 Å². The molecule has 0 aliphatic heterocycles. The third kappa shape index (κ3) is 5.51. The van der Waals surface area contributed by atoms with Gasteiger partial charge in [0.05, 0.1) is 20.8 Å². The molecule has 5 heteroatoms. The first-order valence-corrected chi connectivity index (χ1v) is 8.15. The van der Waals surface area contributed by atoms with Crippen LogP contribution < -0.4 is 20.5 Å². The third-order valence-electron chi connectivity index (χ3n) is 4.02. The van der Waals surface area contributed by atoms with E-state index in [1.807, 2.05) is 18.2 Å². The molecular formula is C18H27N3O2. The summed E-state index contributed by atoms with van der Waals surface area (Å²) in [4.78, 5) is 4.38. The van der Waals surface area contributed by atoms with Gasteiger partial charge in [-0.25, -0.2) is 4.99 Å². The summed E-state index contributed by atoms with van der Waals surface area (Å²) in [6.07, 6.45) is 8.50. The van der Waals surface area contributed by atoms with Crippen LogP contribution in [0, 0.1) is 0 Å². The molecule has 0 bridgehead atoms. The van der Waals surface area contributed by atoms with E-state index in [1.165, 1.54) is 31.3 Å². The van der Waals surface area contributed by atoms with Gasteiger partial charge in [0.1, 0.15) is 0 Å². The lowest BCUT2D eigenvalue weighted by atomic mass is 9.97. The Morgan fingerprint density at radius 1 is 1.22 bits per heavy atom. The molecule has 2 rings (SSSR count). The van der Waals surface area contributed by atoms with Gasteiger partial charge in [0, 0.05) is 6.54 Å². The Morgan fingerprint density at radius 2 is 2.04 bits per heavy atom. The molecule has 0 aromatic heterocycles. The molecule has 0 fully saturated rings. The van der Waals surface area contributed by atoms with E-state index in [2.05, 4.69) is 16.4 Å². The summed E-state index contributed by atoms with van der Waals surface area (Å²) in [7, 11) is 3.25. The second-order valence-corrected chi connectivity index (χ2v) is 5.68. The molecule has 0 radical (unpaired) electrons. The van der Waals surface area contributed by atoms with Crippen molar-refractivity contribution < 1.29 is 9.47 Å². The minimum atomic E-state index is 0.483. The topological polar surface area (TPSA) is 68.9 Å². The van der Waals surface area contributed by atoms with Crippen LogP contribution in [0.15, 0.2) is 34.8 Å². The number of aliphatic imine (C=N–C) groups is 1. The van der Waals surface area contributed by atoms with E-state index < -0.39 is 0 Å². The Balaban J connectivity index is 1.80. The zero-order valence-electron chi connectivity index (χ0n) is 14.1. The molecule has 0 amide bonds. The van der Waals surface area contributed by atoms with Crippen LogP contribution >= 0.6 is 0 Å². The maximum atomic E-state index is 5.93. The number of hydrogen-bond acceptors (Lipinski definition) is 3. The van der Waals surface area contributed by atoms with E-state index >= 15 is 0 Å². The summed E-state index contributed by atoms with van der Waals surface area (Å²) in [6, 6.07) is 5.76. The standard InChI is InChI=1S/C18H27N3O2/c1-22-16-9-8-15(12-17(16)23-2)13-21-18(19)20-11-10-14-6-4-3-5-7-14/h6,8-9,12H,3-5,7,10-11,13H2,1-2H3,(H3,19,20,21). The van der Waals surface area contributed by atoms with Crippen LogP contribution in [0.1, 0.15) is 37.7 Å². The number of nitrogens with one attached hydrogen (secondary N) is 1. The summed E-state index contributed by atoms with van der Waals surface area (Å²) in [6.45, 7) is 1.36. The van der Waals surface area contributed by atoms with Crippen molar-refractivity contribution in [1.29, 1.82) is 0 Å². The minimum absolute atomic E-state index is 0.483. The van der Waals surface area contributed by atoms with Gasteiger partial charge in [-0.1, -0.05) is 17.7 Å². The Morgan fingerprint density at radius 3 is 2.74 bits per heavy atom. The Labute approximate surface area is 138 Å². The van der Waals surface area contributed by atoms with Crippen LogP contribution in [0.4, 0.5) is 0 Å². The quantitative estimate of drug-likeness (QED) is 0.461. The molecule has 0 atom stereocenters. The fourth-order valence-corrected chi connectivity index (χ4v) is 2.69. The van der Waals surface area contributed by atoms with Crippen LogP contribution in [-0.2, 0) is 6.54 Å². The highest BCUT2D eigenvalue weighted by atomic mass is 16.5. The molecule has 0 saturated carbocycles. The monoisotopic (exact) mass is 317 g/mol. The fraction of sp³-hybridized carbons (Fsp3) is 0.500. The molecule has 1 aliphatic rings. The predicted molar refractivity (Wildman–Crippen MR) is 94.0 cm³/mol.